The van der Waals surface area contributed by atoms with Crippen LogP contribution in [0.3, 0.4) is 0 Å². The summed E-state index contributed by atoms with van der Waals surface area (Å²) in [7, 11) is 0. The lowest BCUT2D eigenvalue weighted by Crippen LogP contribution is -2.34. The smallest absolute Gasteiger partial charge is 0.101 e. The Kier molecular flexibility index (Phi) is 2.73. The highest BCUT2D eigenvalue weighted by Gasteiger charge is 2.15. The average molecular weight is 189 g/mol. The Balaban J connectivity index is 2.18. The molecule has 72 valence electrons. The molecule has 1 aliphatic rings. The van der Waals surface area contributed by atoms with E-state index in [0.29, 0.717) is 12.2 Å². The highest BCUT2D eigenvalue weighted by molar-refractivity contribution is 5.30. The van der Waals surface area contributed by atoms with Crippen LogP contribution in [0.2, 0.25) is 0 Å². The maximum Gasteiger partial charge on any atom is 0.101 e. The third kappa shape index (κ3) is 1.90. The Labute approximate surface area is 82.5 Å². The van der Waals surface area contributed by atoms with E-state index in [1.165, 1.54) is 0 Å². The molecule has 2 heterocycles. The summed E-state index contributed by atoms with van der Waals surface area (Å²) in [5, 5.41) is 12.0. The van der Waals surface area contributed by atoms with Crippen molar-refractivity contribution >= 4 is 0 Å². The van der Waals surface area contributed by atoms with Crippen LogP contribution in [0.1, 0.15) is 17.2 Å². The largest absolute Gasteiger partial charge is 0.378 e. The van der Waals surface area contributed by atoms with Gasteiger partial charge in [-0.1, -0.05) is 0 Å². The Hall–Kier alpha value is -1.44. The summed E-state index contributed by atoms with van der Waals surface area (Å²) in [5.41, 5.74) is 1.61. The summed E-state index contributed by atoms with van der Waals surface area (Å²) in [5.74, 6) is 0. The van der Waals surface area contributed by atoms with Crippen molar-refractivity contribution in [3.8, 4) is 6.07 Å². The van der Waals surface area contributed by atoms with E-state index in [9.17, 15) is 0 Å². The number of hydrogen-bond acceptors (Lipinski definition) is 4. The molecule has 14 heavy (non-hydrogen) atoms. The Morgan fingerprint density at radius 1 is 1.57 bits per heavy atom. The molecule has 1 unspecified atom stereocenters. The molecule has 1 saturated heterocycles. The number of hydrogen-bond donors (Lipinski definition) is 1. The van der Waals surface area contributed by atoms with Crippen molar-refractivity contribution in [3.05, 3.63) is 29.6 Å². The molecular formula is C10H11N3O. The molecule has 1 atom stereocenters. The first-order valence-electron chi connectivity index (χ1n) is 4.56. The monoisotopic (exact) mass is 189 g/mol. The molecule has 0 aromatic carbocycles. The first kappa shape index (κ1) is 9.13. The quantitative estimate of drug-likeness (QED) is 0.703. The predicted octanol–water partition coefficient (Wildman–Crippen LogP) is 0.614. The van der Waals surface area contributed by atoms with E-state index in [2.05, 4.69) is 16.4 Å². The van der Waals surface area contributed by atoms with E-state index in [1.54, 1.807) is 12.4 Å². The van der Waals surface area contributed by atoms with Crippen molar-refractivity contribution in [2.24, 2.45) is 0 Å². The van der Waals surface area contributed by atoms with Crippen LogP contribution in [0, 0.1) is 11.3 Å². The van der Waals surface area contributed by atoms with Gasteiger partial charge in [0.1, 0.15) is 6.07 Å². The number of nitriles is 1. The number of nitrogens with zero attached hydrogens (tertiary/aromatic N) is 2. The van der Waals surface area contributed by atoms with Gasteiger partial charge in [0.15, 0.2) is 0 Å². The van der Waals surface area contributed by atoms with Gasteiger partial charge >= 0.3 is 0 Å². The molecule has 1 fully saturated rings. The van der Waals surface area contributed by atoms with Crippen LogP contribution in [-0.4, -0.2) is 24.7 Å². The number of ether oxygens (including phenoxy) is 1. The second kappa shape index (κ2) is 4.18. The van der Waals surface area contributed by atoms with Gasteiger partial charge in [-0.2, -0.15) is 5.26 Å². The molecule has 0 bridgehead atoms. The molecule has 0 saturated carbocycles. The van der Waals surface area contributed by atoms with Gasteiger partial charge in [0.25, 0.3) is 0 Å². The third-order valence-corrected chi connectivity index (χ3v) is 2.21. The lowest BCUT2D eigenvalue weighted by Gasteiger charge is -2.23. The van der Waals surface area contributed by atoms with Crippen LogP contribution in [0.4, 0.5) is 0 Å². The lowest BCUT2D eigenvalue weighted by atomic mass is 10.1. The number of morpholine rings is 1. The number of nitrogens with one attached hydrogen (secondary N) is 1. The summed E-state index contributed by atoms with van der Waals surface area (Å²) >= 11 is 0. The SMILES string of the molecule is N#Cc1cncc(C2COCCN2)c1. The fourth-order valence-electron chi connectivity index (χ4n) is 1.49. The molecule has 1 aromatic rings. The van der Waals surface area contributed by atoms with Gasteiger partial charge < -0.3 is 10.1 Å². The van der Waals surface area contributed by atoms with E-state index in [-0.39, 0.29) is 6.04 Å². The maximum atomic E-state index is 8.72. The second-order valence-electron chi connectivity index (χ2n) is 3.20. The predicted molar refractivity (Wildman–Crippen MR) is 50.5 cm³/mol. The standard InChI is InChI=1S/C10H11N3O/c11-4-8-3-9(6-12-5-8)10-7-14-2-1-13-10/h3,5-6,10,13H,1-2,7H2. The number of pyridine rings is 1. The Bertz CT molecular complexity index is 353. The molecule has 2 rings (SSSR count). The summed E-state index contributed by atoms with van der Waals surface area (Å²) in [6.07, 6.45) is 3.33. The molecule has 1 aliphatic heterocycles. The van der Waals surface area contributed by atoms with Crippen LogP contribution in [0.15, 0.2) is 18.5 Å². The number of rotatable bonds is 1. The van der Waals surface area contributed by atoms with E-state index in [0.717, 1.165) is 18.7 Å². The normalized spacial score (nSPS) is 21.5. The highest BCUT2D eigenvalue weighted by Crippen LogP contribution is 2.15. The van der Waals surface area contributed by atoms with Crippen LogP contribution in [0.25, 0.3) is 0 Å². The molecule has 1 N–H and O–H groups in total. The average Bonchev–Trinajstić information content (AvgIpc) is 2.30. The van der Waals surface area contributed by atoms with Gasteiger partial charge in [-0.05, 0) is 11.6 Å². The van der Waals surface area contributed by atoms with E-state index in [4.69, 9.17) is 10.00 Å². The Morgan fingerprint density at radius 3 is 3.21 bits per heavy atom. The van der Waals surface area contributed by atoms with Crippen molar-refractivity contribution in [1.29, 1.82) is 5.26 Å². The minimum atomic E-state index is 0.171. The Morgan fingerprint density at radius 2 is 2.50 bits per heavy atom. The molecule has 4 nitrogen and oxygen atoms in total. The van der Waals surface area contributed by atoms with Gasteiger partial charge in [-0.15, -0.1) is 0 Å². The van der Waals surface area contributed by atoms with Crippen LogP contribution in [0.5, 0.6) is 0 Å². The van der Waals surface area contributed by atoms with Gasteiger partial charge in [0.2, 0.25) is 0 Å². The molecule has 1 aromatic heterocycles. The molecular weight excluding hydrogens is 178 g/mol. The minimum Gasteiger partial charge on any atom is -0.378 e. The fraction of sp³-hybridized carbons (Fsp3) is 0.400. The van der Waals surface area contributed by atoms with Gasteiger partial charge in [0, 0.05) is 18.9 Å². The van der Waals surface area contributed by atoms with Crippen molar-refractivity contribution in [2.45, 2.75) is 6.04 Å². The minimum absolute atomic E-state index is 0.171. The molecule has 4 heteroatoms. The highest BCUT2D eigenvalue weighted by atomic mass is 16.5. The first-order chi connectivity index (χ1) is 6.90. The number of aromatic nitrogens is 1. The first-order valence-corrected chi connectivity index (χ1v) is 4.56. The molecule has 0 amide bonds. The zero-order valence-electron chi connectivity index (χ0n) is 7.73. The maximum absolute atomic E-state index is 8.72. The fourth-order valence-corrected chi connectivity index (χ4v) is 1.49. The zero-order chi connectivity index (χ0) is 9.80. The summed E-state index contributed by atoms with van der Waals surface area (Å²) in [6.45, 7) is 2.25. The van der Waals surface area contributed by atoms with Crippen LogP contribution in [-0.2, 0) is 4.74 Å². The summed E-state index contributed by atoms with van der Waals surface area (Å²) < 4.78 is 5.34. The summed E-state index contributed by atoms with van der Waals surface area (Å²) in [6, 6.07) is 4.09. The van der Waals surface area contributed by atoms with Gasteiger partial charge in [0.05, 0.1) is 24.8 Å². The van der Waals surface area contributed by atoms with Crippen LogP contribution >= 0.6 is 0 Å². The molecule has 0 spiro atoms. The lowest BCUT2D eigenvalue weighted by molar-refractivity contribution is 0.0768. The van der Waals surface area contributed by atoms with E-state index >= 15 is 0 Å². The van der Waals surface area contributed by atoms with Crippen molar-refractivity contribution in [2.75, 3.05) is 19.8 Å². The summed E-state index contributed by atoms with van der Waals surface area (Å²) in [4.78, 5) is 4.01. The second-order valence-corrected chi connectivity index (χ2v) is 3.20. The third-order valence-electron chi connectivity index (χ3n) is 2.21. The van der Waals surface area contributed by atoms with E-state index in [1.807, 2.05) is 6.07 Å². The molecule has 0 aliphatic carbocycles. The van der Waals surface area contributed by atoms with Gasteiger partial charge in [-0.3, -0.25) is 4.98 Å². The van der Waals surface area contributed by atoms with Crippen molar-refractivity contribution < 1.29 is 4.74 Å². The van der Waals surface area contributed by atoms with Crippen molar-refractivity contribution in [3.63, 3.8) is 0 Å². The van der Waals surface area contributed by atoms with Crippen molar-refractivity contribution in [1.82, 2.24) is 10.3 Å². The van der Waals surface area contributed by atoms with E-state index < -0.39 is 0 Å². The topological polar surface area (TPSA) is 57.9 Å². The molecule has 0 radical (unpaired) electrons. The van der Waals surface area contributed by atoms with Crippen LogP contribution < -0.4 is 5.32 Å². The zero-order valence-corrected chi connectivity index (χ0v) is 7.73. The van der Waals surface area contributed by atoms with Gasteiger partial charge in [-0.25, -0.2) is 0 Å².